The Morgan fingerprint density at radius 2 is 2.00 bits per heavy atom. The van der Waals surface area contributed by atoms with Gasteiger partial charge in [0.15, 0.2) is 11.5 Å². The lowest BCUT2D eigenvalue weighted by Crippen LogP contribution is -2.07. The minimum absolute atomic E-state index is 0.540. The number of rotatable bonds is 7. The van der Waals surface area contributed by atoms with Gasteiger partial charge in [-0.25, -0.2) is 0 Å². The van der Waals surface area contributed by atoms with Crippen molar-refractivity contribution in [3.05, 3.63) is 23.8 Å². The topological polar surface area (TPSA) is 27.7 Å². The molecule has 0 unspecified atom stereocenters. The molecule has 0 aromatic heterocycles. The number of hydrogen-bond acceptors (Lipinski definition) is 3. The van der Waals surface area contributed by atoms with Gasteiger partial charge in [-0.2, -0.15) is 0 Å². The zero-order valence-electron chi connectivity index (χ0n) is 9.66. The van der Waals surface area contributed by atoms with Crippen molar-refractivity contribution in [1.82, 2.24) is 0 Å². The highest BCUT2D eigenvalue weighted by molar-refractivity contribution is 9.08. The van der Waals surface area contributed by atoms with Crippen LogP contribution >= 0.6 is 15.9 Å². The molecule has 16 heavy (non-hydrogen) atoms. The Morgan fingerprint density at radius 1 is 1.19 bits per heavy atom. The molecule has 1 aromatic carbocycles. The van der Waals surface area contributed by atoms with E-state index in [-0.39, 0.29) is 0 Å². The molecule has 4 heteroatoms. The van der Waals surface area contributed by atoms with E-state index in [4.69, 9.17) is 14.2 Å². The first kappa shape index (κ1) is 13.3. The summed E-state index contributed by atoms with van der Waals surface area (Å²) in [7, 11) is 1.64. The van der Waals surface area contributed by atoms with Gasteiger partial charge < -0.3 is 14.2 Å². The zero-order chi connectivity index (χ0) is 11.8. The van der Waals surface area contributed by atoms with Gasteiger partial charge in [-0.3, -0.25) is 0 Å². The molecule has 1 aromatic rings. The van der Waals surface area contributed by atoms with Gasteiger partial charge in [0, 0.05) is 11.9 Å². The maximum atomic E-state index is 5.56. The Bertz CT molecular complexity index is 315. The largest absolute Gasteiger partial charge is 0.493 e. The van der Waals surface area contributed by atoms with Crippen LogP contribution in [0.25, 0.3) is 0 Å². The predicted octanol–water partition coefficient (Wildman–Crippen LogP) is 3.01. The molecule has 0 atom stereocenters. The van der Waals surface area contributed by atoms with Crippen LogP contribution < -0.4 is 9.47 Å². The van der Waals surface area contributed by atoms with E-state index in [0.29, 0.717) is 19.8 Å². The number of alkyl halides is 1. The predicted molar refractivity (Wildman–Crippen MR) is 67.6 cm³/mol. The van der Waals surface area contributed by atoms with Gasteiger partial charge in [0.25, 0.3) is 0 Å². The van der Waals surface area contributed by atoms with Crippen molar-refractivity contribution in [1.29, 1.82) is 0 Å². The lowest BCUT2D eigenvalue weighted by atomic mass is 10.2. The SMILES string of the molecule is CCOCCOc1ccc(CBr)cc1OC. The molecule has 0 fully saturated rings. The van der Waals surface area contributed by atoms with Gasteiger partial charge >= 0.3 is 0 Å². The third-order valence-corrected chi connectivity index (χ3v) is 2.72. The lowest BCUT2D eigenvalue weighted by Gasteiger charge is -2.11. The van der Waals surface area contributed by atoms with Crippen molar-refractivity contribution in [2.75, 3.05) is 26.9 Å². The number of methoxy groups -OCH3 is 1. The summed E-state index contributed by atoms with van der Waals surface area (Å²) in [5.74, 6) is 1.51. The molecule has 0 aliphatic carbocycles. The van der Waals surface area contributed by atoms with Crippen LogP contribution in [-0.2, 0) is 10.1 Å². The average Bonchev–Trinajstić information content (AvgIpc) is 2.34. The fourth-order valence-corrected chi connectivity index (χ4v) is 1.62. The standard InChI is InChI=1S/C12H17BrO3/c1-3-15-6-7-16-11-5-4-10(9-13)8-12(11)14-2/h4-5,8H,3,6-7,9H2,1-2H3. The van der Waals surface area contributed by atoms with Crippen LogP contribution in [0.5, 0.6) is 11.5 Å². The van der Waals surface area contributed by atoms with Crippen LogP contribution in [0.3, 0.4) is 0 Å². The van der Waals surface area contributed by atoms with Gasteiger partial charge in [0.1, 0.15) is 6.61 Å². The van der Waals surface area contributed by atoms with Gasteiger partial charge in [-0.15, -0.1) is 0 Å². The second-order valence-electron chi connectivity index (χ2n) is 3.16. The molecule has 0 saturated heterocycles. The molecule has 0 aliphatic rings. The first-order chi connectivity index (χ1) is 7.81. The first-order valence-corrected chi connectivity index (χ1v) is 6.37. The Kier molecular flexibility index (Phi) is 6.26. The first-order valence-electron chi connectivity index (χ1n) is 5.25. The van der Waals surface area contributed by atoms with Gasteiger partial charge in [-0.05, 0) is 24.6 Å². The summed E-state index contributed by atoms with van der Waals surface area (Å²) in [6, 6.07) is 5.89. The fourth-order valence-electron chi connectivity index (χ4n) is 1.27. The van der Waals surface area contributed by atoms with E-state index < -0.39 is 0 Å². The van der Waals surface area contributed by atoms with Crippen LogP contribution in [0.15, 0.2) is 18.2 Å². The Balaban J connectivity index is 2.57. The van der Waals surface area contributed by atoms with Crippen LogP contribution in [0.2, 0.25) is 0 Å². The second-order valence-corrected chi connectivity index (χ2v) is 3.72. The second kappa shape index (κ2) is 7.52. The summed E-state index contributed by atoms with van der Waals surface area (Å²) in [6.07, 6.45) is 0. The third-order valence-electron chi connectivity index (χ3n) is 2.07. The summed E-state index contributed by atoms with van der Waals surface area (Å²) in [4.78, 5) is 0. The molecule has 0 bridgehead atoms. The summed E-state index contributed by atoms with van der Waals surface area (Å²) in [5, 5.41) is 0.808. The maximum Gasteiger partial charge on any atom is 0.161 e. The van der Waals surface area contributed by atoms with E-state index in [9.17, 15) is 0 Å². The van der Waals surface area contributed by atoms with Crippen LogP contribution in [0.4, 0.5) is 0 Å². The average molecular weight is 289 g/mol. The van der Waals surface area contributed by atoms with E-state index in [1.54, 1.807) is 7.11 Å². The summed E-state index contributed by atoms with van der Waals surface area (Å²) in [6.45, 7) is 3.81. The Hall–Kier alpha value is -0.740. The Labute approximate surface area is 105 Å². The molecular weight excluding hydrogens is 272 g/mol. The van der Waals surface area contributed by atoms with Crippen molar-refractivity contribution in [3.8, 4) is 11.5 Å². The minimum atomic E-state index is 0.540. The molecule has 0 aliphatic heterocycles. The molecule has 0 saturated carbocycles. The molecule has 1 rings (SSSR count). The number of halogens is 1. The number of hydrogen-bond donors (Lipinski definition) is 0. The normalized spacial score (nSPS) is 10.2. The highest BCUT2D eigenvalue weighted by Crippen LogP contribution is 2.28. The number of benzene rings is 1. The summed E-state index contributed by atoms with van der Waals surface area (Å²) in [5.41, 5.74) is 1.16. The zero-order valence-corrected chi connectivity index (χ0v) is 11.2. The molecule has 0 heterocycles. The molecule has 90 valence electrons. The fraction of sp³-hybridized carbons (Fsp3) is 0.500. The molecule has 0 radical (unpaired) electrons. The van der Waals surface area contributed by atoms with E-state index >= 15 is 0 Å². The smallest absolute Gasteiger partial charge is 0.161 e. The highest BCUT2D eigenvalue weighted by Gasteiger charge is 2.04. The maximum absolute atomic E-state index is 5.56. The summed E-state index contributed by atoms with van der Waals surface area (Å²) >= 11 is 3.40. The minimum Gasteiger partial charge on any atom is -0.493 e. The highest BCUT2D eigenvalue weighted by atomic mass is 79.9. The molecule has 3 nitrogen and oxygen atoms in total. The van der Waals surface area contributed by atoms with E-state index in [2.05, 4.69) is 15.9 Å². The van der Waals surface area contributed by atoms with Crippen LogP contribution in [0, 0.1) is 0 Å². The number of ether oxygens (including phenoxy) is 3. The quantitative estimate of drug-likeness (QED) is 0.570. The van der Waals surface area contributed by atoms with Gasteiger partial charge in [0.2, 0.25) is 0 Å². The molecule has 0 N–H and O–H groups in total. The van der Waals surface area contributed by atoms with Crippen LogP contribution in [-0.4, -0.2) is 26.9 Å². The van der Waals surface area contributed by atoms with Crippen molar-refractivity contribution in [2.45, 2.75) is 12.3 Å². The van der Waals surface area contributed by atoms with Crippen molar-refractivity contribution in [3.63, 3.8) is 0 Å². The summed E-state index contributed by atoms with van der Waals surface area (Å²) < 4.78 is 16.0. The van der Waals surface area contributed by atoms with Crippen LogP contribution in [0.1, 0.15) is 12.5 Å². The third kappa shape index (κ3) is 4.02. The lowest BCUT2D eigenvalue weighted by molar-refractivity contribution is 0.109. The van der Waals surface area contributed by atoms with Gasteiger partial charge in [0.05, 0.1) is 13.7 Å². The van der Waals surface area contributed by atoms with Gasteiger partial charge in [-0.1, -0.05) is 22.0 Å². The molecular formula is C12H17BrO3. The van der Waals surface area contributed by atoms with Crippen molar-refractivity contribution >= 4 is 15.9 Å². The van der Waals surface area contributed by atoms with E-state index in [1.807, 2.05) is 25.1 Å². The Morgan fingerprint density at radius 3 is 2.62 bits per heavy atom. The monoisotopic (exact) mass is 288 g/mol. The van der Waals surface area contributed by atoms with E-state index in [1.165, 1.54) is 0 Å². The van der Waals surface area contributed by atoms with E-state index in [0.717, 1.165) is 22.4 Å². The molecule has 0 spiro atoms. The molecule has 0 amide bonds. The van der Waals surface area contributed by atoms with Crippen molar-refractivity contribution in [2.24, 2.45) is 0 Å². The van der Waals surface area contributed by atoms with Crippen molar-refractivity contribution < 1.29 is 14.2 Å².